The van der Waals surface area contributed by atoms with Gasteiger partial charge in [-0.15, -0.1) is 0 Å². The third-order valence-electron chi connectivity index (χ3n) is 23.0. The fourth-order valence-electron chi connectivity index (χ4n) is 15.6. The number of benzene rings is 15. The summed E-state index contributed by atoms with van der Waals surface area (Å²) < 4.78 is 0. The smallest absolute Gasteiger partial charge is 0.132 e. The molecule has 15 aromatic carbocycles. The second-order valence-corrected chi connectivity index (χ2v) is 31.7. The van der Waals surface area contributed by atoms with Gasteiger partial charge in [-0.1, -0.05) is 259 Å². The summed E-state index contributed by atoms with van der Waals surface area (Å²) in [6.45, 7) is 15.0. The van der Waals surface area contributed by atoms with Crippen molar-refractivity contribution in [2.45, 2.75) is 48.5 Å². The summed E-state index contributed by atoms with van der Waals surface area (Å²) in [4.78, 5) is 26.7. The van der Waals surface area contributed by atoms with Crippen LogP contribution in [0.5, 0.6) is 0 Å². The lowest BCUT2D eigenvalue weighted by atomic mass is 10.0. The largest absolute Gasteiger partial charge is 0.329 e. The Kier molecular flexibility index (Phi) is 25.4. The highest BCUT2D eigenvalue weighted by atomic mass is 15.2. The number of anilines is 15. The lowest BCUT2D eigenvalue weighted by Crippen LogP contribution is -2.11. The minimum absolute atomic E-state index is 0.924. The molecule has 0 amide bonds. The van der Waals surface area contributed by atoms with Gasteiger partial charge in [-0.2, -0.15) is 0 Å². The zero-order chi connectivity index (χ0) is 85.4. The van der Waals surface area contributed by atoms with Crippen molar-refractivity contribution in [2.24, 2.45) is 0 Å². The van der Waals surface area contributed by atoms with Crippen LogP contribution in [-0.4, -0.2) is 36.1 Å². The Hall–Kier alpha value is -15.5. The van der Waals surface area contributed by atoms with Crippen LogP contribution >= 0.6 is 0 Å². The van der Waals surface area contributed by atoms with Gasteiger partial charge in [-0.25, -0.2) is 15.0 Å². The third kappa shape index (κ3) is 19.5. The van der Waals surface area contributed by atoms with Crippen molar-refractivity contribution in [3.05, 3.63) is 470 Å². The van der Waals surface area contributed by atoms with Gasteiger partial charge in [0.05, 0.1) is 0 Å². The number of hydrogen-bond acceptors (Lipinski definition) is 9. The third-order valence-corrected chi connectivity index (χ3v) is 23.0. The van der Waals surface area contributed by atoms with E-state index in [4.69, 9.17) is 0 Å². The van der Waals surface area contributed by atoms with Gasteiger partial charge in [-0.05, 0) is 308 Å². The quantitative estimate of drug-likeness (QED) is 0.0700. The van der Waals surface area contributed by atoms with Crippen molar-refractivity contribution < 1.29 is 0 Å². The number of aromatic nitrogens is 3. The van der Waals surface area contributed by atoms with Crippen LogP contribution in [0, 0.1) is 48.5 Å². The van der Waals surface area contributed by atoms with E-state index in [9.17, 15) is 0 Å². The van der Waals surface area contributed by atoms with E-state index in [0.29, 0.717) is 0 Å². The van der Waals surface area contributed by atoms with Crippen LogP contribution in [0.2, 0.25) is 0 Å². The Labute approximate surface area is 731 Å². The van der Waals surface area contributed by atoms with Crippen LogP contribution in [0.15, 0.2) is 431 Å². The normalized spacial score (nSPS) is 10.8. The fraction of sp³-hybridized carbons (Fsp3) is 0.0870. The van der Waals surface area contributed by atoms with Crippen LogP contribution < -0.4 is 29.4 Å². The Morgan fingerprint density at radius 2 is 0.387 bits per heavy atom. The Bertz CT molecular complexity index is 6480. The maximum absolute atomic E-state index is 4.47. The maximum atomic E-state index is 4.47. The highest BCUT2D eigenvalue weighted by Gasteiger charge is 2.20. The summed E-state index contributed by atoms with van der Waals surface area (Å²) in [5.41, 5.74) is 36.8. The molecule has 18 aromatic rings. The van der Waals surface area contributed by atoms with Gasteiger partial charge < -0.3 is 29.4 Å². The number of nitrogens with zero attached hydrogens (tertiary/aromatic N) is 9. The van der Waals surface area contributed by atoms with Crippen LogP contribution in [0.3, 0.4) is 0 Å². The maximum Gasteiger partial charge on any atom is 0.132 e. The van der Waals surface area contributed by atoms with Crippen LogP contribution in [0.25, 0.3) is 66.8 Å². The van der Waals surface area contributed by atoms with Crippen LogP contribution in [0.1, 0.15) is 38.9 Å². The summed E-state index contributed by atoms with van der Waals surface area (Å²) in [7, 11) is 6.12. The monoisotopic (exact) mass is 1610 g/mol. The second-order valence-electron chi connectivity index (χ2n) is 31.7. The van der Waals surface area contributed by atoms with Crippen molar-refractivity contribution in [2.75, 3.05) is 50.5 Å². The Morgan fingerprint density at radius 3 is 0.645 bits per heavy atom. The minimum atomic E-state index is 0.924. The molecule has 0 saturated carbocycles. The van der Waals surface area contributed by atoms with Crippen LogP contribution in [-0.2, 0) is 0 Å². The first-order valence-electron chi connectivity index (χ1n) is 42.3. The van der Waals surface area contributed by atoms with Gasteiger partial charge in [0.15, 0.2) is 0 Å². The molecule has 9 nitrogen and oxygen atoms in total. The first-order chi connectivity index (χ1) is 60.6. The highest BCUT2D eigenvalue weighted by molar-refractivity contribution is 5.85. The van der Waals surface area contributed by atoms with E-state index in [1.807, 2.05) is 94.3 Å². The molecule has 0 bridgehead atoms. The van der Waals surface area contributed by atoms with Crippen molar-refractivity contribution in [3.8, 4) is 66.8 Å². The van der Waals surface area contributed by atoms with E-state index in [-0.39, 0.29) is 0 Å². The van der Waals surface area contributed by atoms with Crippen LogP contribution in [0.4, 0.5) is 85.7 Å². The molecule has 0 spiro atoms. The number of pyridine rings is 3. The first kappa shape index (κ1) is 82.3. The molecule has 0 atom stereocenters. The summed E-state index contributed by atoms with van der Waals surface area (Å²) in [5, 5.41) is 0. The number of aryl methyl sites for hydroxylation is 7. The van der Waals surface area contributed by atoms with E-state index >= 15 is 0 Å². The molecule has 3 aromatic heterocycles. The summed E-state index contributed by atoms with van der Waals surface area (Å²) in [6, 6.07) is 147. The van der Waals surface area contributed by atoms with Gasteiger partial charge in [-0.3, -0.25) is 0 Å². The average Bonchev–Trinajstić information content (AvgIpc) is 0.790. The molecular formula is C115H101N9. The van der Waals surface area contributed by atoms with E-state index in [1.165, 1.54) is 111 Å². The lowest BCUT2D eigenvalue weighted by molar-refractivity contribution is 1.13. The van der Waals surface area contributed by atoms with Gasteiger partial charge in [0.2, 0.25) is 0 Å². The standard InChI is InChI=1S/2C39H35N3.C37H31N3/c1-28-8-11-31(12-9-28)33-15-21-36(22-16-33)42(38-25-10-29(2)27-30(38)3)37-23-17-34(18-24-37)32-13-19-35(20-14-32)41(4)39-7-5-6-26-40-39;1-28-8-11-31(12-9-28)33-15-22-36(23-16-33)42(38-19-10-29(2)30(3)27-38)37-24-17-34(18-25-37)32-13-20-35(21-14-32)41(4)39-7-5-6-26-40-39;1-28-11-13-29(14-12-28)31-17-23-35(24-18-31)40(34-8-4-3-5-9-34)36-25-19-32(20-26-36)30-15-21-33(22-16-30)39(2)37-10-6-7-27-38-37/h2*5-27H,1-4H3;3-27H,1-2H3. The zero-order valence-electron chi connectivity index (χ0n) is 72.0. The molecule has 0 aliphatic heterocycles. The molecule has 606 valence electrons. The van der Waals surface area contributed by atoms with Crippen molar-refractivity contribution in [1.29, 1.82) is 0 Å². The molecule has 0 aliphatic carbocycles. The second kappa shape index (κ2) is 38.3. The minimum Gasteiger partial charge on any atom is -0.329 e. The zero-order valence-corrected chi connectivity index (χ0v) is 72.0. The van der Waals surface area contributed by atoms with Crippen molar-refractivity contribution in [1.82, 2.24) is 15.0 Å². The molecule has 0 aliphatic rings. The molecule has 0 unspecified atom stereocenters. The number of hydrogen-bond donors (Lipinski definition) is 0. The first-order valence-corrected chi connectivity index (χ1v) is 42.3. The van der Waals surface area contributed by atoms with Crippen molar-refractivity contribution in [3.63, 3.8) is 0 Å². The van der Waals surface area contributed by atoms with Gasteiger partial charge in [0.25, 0.3) is 0 Å². The molecule has 18 rings (SSSR count). The topological polar surface area (TPSA) is 58.1 Å². The number of rotatable bonds is 21. The molecule has 0 N–H and O–H groups in total. The average molecular weight is 1610 g/mol. The predicted molar refractivity (Wildman–Crippen MR) is 526 cm³/mol. The van der Waals surface area contributed by atoms with Gasteiger partial charge in [0.1, 0.15) is 17.5 Å². The van der Waals surface area contributed by atoms with E-state index in [1.54, 1.807) is 0 Å². The molecule has 0 saturated heterocycles. The van der Waals surface area contributed by atoms with Gasteiger partial charge >= 0.3 is 0 Å². The summed E-state index contributed by atoms with van der Waals surface area (Å²) in [5.74, 6) is 2.77. The molecule has 0 fully saturated rings. The summed E-state index contributed by atoms with van der Waals surface area (Å²) in [6.07, 6.45) is 5.46. The van der Waals surface area contributed by atoms with E-state index in [0.717, 1.165) is 80.0 Å². The highest BCUT2D eigenvalue weighted by Crippen LogP contribution is 2.43. The Balaban J connectivity index is 0.000000138. The Morgan fingerprint density at radius 1 is 0.161 bits per heavy atom. The molecular weight excluding hydrogens is 1510 g/mol. The summed E-state index contributed by atoms with van der Waals surface area (Å²) >= 11 is 0. The SMILES string of the molecule is Cc1ccc(-c2ccc(N(c3ccc(-c4ccc(N(C)c5ccccn5)cc4)cc3)c3ccc(C)c(C)c3)cc2)cc1.Cc1ccc(-c2ccc(N(c3ccc(-c4ccc(N(C)c5ccccn5)cc4)cc3)c3ccc(C)cc3C)cc2)cc1.Cc1ccc(-c2ccc(N(c3ccccc3)c3ccc(-c4ccc(N(C)c5ccccn5)cc4)cc3)cc2)cc1. The molecule has 9 heteroatoms. The molecule has 124 heavy (non-hydrogen) atoms. The van der Waals surface area contributed by atoms with E-state index in [2.05, 4.69) is 451 Å². The lowest BCUT2D eigenvalue weighted by Gasteiger charge is -2.27. The molecule has 0 radical (unpaired) electrons. The van der Waals surface area contributed by atoms with Gasteiger partial charge in [0, 0.05) is 108 Å². The molecule has 3 heterocycles. The fourth-order valence-corrected chi connectivity index (χ4v) is 15.6. The predicted octanol–water partition coefficient (Wildman–Crippen LogP) is 31.1. The van der Waals surface area contributed by atoms with Crippen molar-refractivity contribution >= 4 is 85.7 Å². The van der Waals surface area contributed by atoms with E-state index < -0.39 is 0 Å². The number of para-hydroxylation sites is 1.